The van der Waals surface area contributed by atoms with Crippen LogP contribution in [0.25, 0.3) is 11.0 Å². The van der Waals surface area contributed by atoms with E-state index < -0.39 is 0 Å². The minimum atomic E-state index is 0.438. The number of nitrogens with one attached hydrogen (secondary N) is 2. The van der Waals surface area contributed by atoms with E-state index in [1.165, 1.54) is 0 Å². The summed E-state index contributed by atoms with van der Waals surface area (Å²) in [5, 5.41) is 4.20. The number of H-pyrrole nitrogens is 1. The van der Waals surface area contributed by atoms with E-state index in [0.29, 0.717) is 13.2 Å². The normalized spacial score (nSPS) is 11.1. The van der Waals surface area contributed by atoms with Gasteiger partial charge in [-0.05, 0) is 36.4 Å². The molecule has 4 aromatic rings. The summed E-state index contributed by atoms with van der Waals surface area (Å²) in [6, 6.07) is 21.9. The Hall–Kier alpha value is -2.34. The van der Waals surface area contributed by atoms with Crippen molar-refractivity contribution in [2.75, 3.05) is 6.54 Å². The molecular formula is C23H21BrClN3O. The third kappa shape index (κ3) is 5.18. The van der Waals surface area contributed by atoms with Crippen LogP contribution in [0.15, 0.2) is 71.2 Å². The van der Waals surface area contributed by atoms with Crippen LogP contribution in [0, 0.1) is 0 Å². The van der Waals surface area contributed by atoms with Crippen molar-refractivity contribution >= 4 is 38.6 Å². The third-order valence-electron chi connectivity index (χ3n) is 4.66. The first-order chi connectivity index (χ1) is 14.2. The molecule has 6 heteroatoms. The van der Waals surface area contributed by atoms with Crippen molar-refractivity contribution < 1.29 is 4.74 Å². The molecule has 0 aliphatic heterocycles. The molecule has 1 aromatic heterocycles. The molecule has 3 aromatic carbocycles. The Morgan fingerprint density at radius 1 is 1.00 bits per heavy atom. The van der Waals surface area contributed by atoms with E-state index in [1.54, 1.807) is 0 Å². The van der Waals surface area contributed by atoms with Gasteiger partial charge >= 0.3 is 0 Å². The highest BCUT2D eigenvalue weighted by molar-refractivity contribution is 9.10. The predicted molar refractivity (Wildman–Crippen MR) is 121 cm³/mol. The molecule has 0 atom stereocenters. The van der Waals surface area contributed by atoms with Gasteiger partial charge in [-0.2, -0.15) is 0 Å². The number of benzene rings is 3. The molecule has 0 aliphatic carbocycles. The van der Waals surface area contributed by atoms with Gasteiger partial charge < -0.3 is 15.0 Å². The maximum atomic E-state index is 6.24. The first-order valence-corrected chi connectivity index (χ1v) is 10.6. The maximum Gasteiger partial charge on any atom is 0.124 e. The Kier molecular flexibility index (Phi) is 6.49. The zero-order valence-corrected chi connectivity index (χ0v) is 18.1. The molecule has 0 saturated carbocycles. The monoisotopic (exact) mass is 469 g/mol. The second-order valence-corrected chi connectivity index (χ2v) is 8.08. The number of aromatic amines is 1. The van der Waals surface area contributed by atoms with Gasteiger partial charge in [0.15, 0.2) is 0 Å². The summed E-state index contributed by atoms with van der Waals surface area (Å²) in [4.78, 5) is 7.98. The molecule has 0 unspecified atom stereocenters. The quantitative estimate of drug-likeness (QED) is 0.316. The van der Waals surface area contributed by atoms with Gasteiger partial charge in [-0.25, -0.2) is 4.98 Å². The van der Waals surface area contributed by atoms with Crippen LogP contribution in [-0.4, -0.2) is 16.5 Å². The highest BCUT2D eigenvalue weighted by atomic mass is 79.9. The molecule has 0 aliphatic rings. The molecule has 1 heterocycles. The van der Waals surface area contributed by atoms with Gasteiger partial charge in [-0.3, -0.25) is 0 Å². The largest absolute Gasteiger partial charge is 0.489 e. The van der Waals surface area contributed by atoms with Gasteiger partial charge in [0.05, 0.1) is 11.0 Å². The summed E-state index contributed by atoms with van der Waals surface area (Å²) in [6.07, 6.45) is 0.832. The summed E-state index contributed by atoms with van der Waals surface area (Å²) in [5.74, 6) is 1.84. The SMILES string of the molecule is Clc1ccccc1COc1ccc(Br)cc1CNCCc1nc2ccccc2[nH]1. The molecular weight excluding hydrogens is 450 g/mol. The Morgan fingerprint density at radius 2 is 1.83 bits per heavy atom. The lowest BCUT2D eigenvalue weighted by atomic mass is 10.2. The minimum Gasteiger partial charge on any atom is -0.489 e. The number of hydrogen-bond acceptors (Lipinski definition) is 3. The van der Waals surface area contributed by atoms with Crippen molar-refractivity contribution in [3.8, 4) is 5.75 Å². The van der Waals surface area contributed by atoms with Gasteiger partial charge in [0.2, 0.25) is 0 Å². The molecule has 4 rings (SSSR count). The predicted octanol–water partition coefficient (Wildman–Crippen LogP) is 5.89. The smallest absolute Gasteiger partial charge is 0.124 e. The molecule has 148 valence electrons. The number of fused-ring (bicyclic) bond motifs is 1. The Morgan fingerprint density at radius 3 is 2.69 bits per heavy atom. The third-order valence-corrected chi connectivity index (χ3v) is 5.52. The van der Waals surface area contributed by atoms with Crippen molar-refractivity contribution in [1.29, 1.82) is 0 Å². The molecule has 0 fully saturated rings. The van der Waals surface area contributed by atoms with Crippen molar-refractivity contribution in [3.63, 3.8) is 0 Å². The average Bonchev–Trinajstić information content (AvgIpc) is 3.14. The number of para-hydroxylation sites is 2. The van der Waals surface area contributed by atoms with Gasteiger partial charge in [0, 0.05) is 40.1 Å². The van der Waals surface area contributed by atoms with E-state index in [2.05, 4.69) is 37.3 Å². The van der Waals surface area contributed by atoms with Crippen molar-refractivity contribution in [3.05, 3.63) is 93.2 Å². The maximum absolute atomic E-state index is 6.24. The molecule has 2 N–H and O–H groups in total. The molecule has 4 nitrogen and oxygen atoms in total. The van der Waals surface area contributed by atoms with Crippen molar-refractivity contribution in [2.24, 2.45) is 0 Å². The highest BCUT2D eigenvalue weighted by Gasteiger charge is 2.07. The number of rotatable bonds is 8. The zero-order valence-electron chi connectivity index (χ0n) is 15.8. The first-order valence-electron chi connectivity index (χ1n) is 9.48. The average molecular weight is 471 g/mol. The van der Waals surface area contributed by atoms with E-state index in [4.69, 9.17) is 16.3 Å². The van der Waals surface area contributed by atoms with Crippen LogP contribution in [0.2, 0.25) is 5.02 Å². The van der Waals surface area contributed by atoms with Crippen molar-refractivity contribution in [1.82, 2.24) is 15.3 Å². The Labute approximate surface area is 183 Å². The second-order valence-electron chi connectivity index (χ2n) is 6.76. The summed E-state index contributed by atoms with van der Waals surface area (Å²) < 4.78 is 7.08. The minimum absolute atomic E-state index is 0.438. The van der Waals surface area contributed by atoms with Crippen LogP contribution in [-0.2, 0) is 19.6 Å². The number of nitrogens with zero attached hydrogens (tertiary/aromatic N) is 1. The van der Waals surface area contributed by atoms with Gasteiger partial charge in [0.25, 0.3) is 0 Å². The van der Waals surface area contributed by atoms with E-state index in [1.807, 2.05) is 60.7 Å². The first kappa shape index (κ1) is 20.0. The van der Waals surface area contributed by atoms with Crippen LogP contribution < -0.4 is 10.1 Å². The molecule has 0 radical (unpaired) electrons. The standard InChI is InChI=1S/C23H21BrClN3O/c24-18-9-10-22(29-15-16-5-1-2-6-19(16)25)17(13-18)14-26-12-11-23-27-20-7-3-4-8-21(20)28-23/h1-10,13,26H,11-12,14-15H2,(H,27,28). The van der Waals surface area contributed by atoms with Gasteiger partial charge in [0.1, 0.15) is 18.2 Å². The van der Waals surface area contributed by atoms with Crippen LogP contribution in [0.5, 0.6) is 5.75 Å². The number of ether oxygens (including phenoxy) is 1. The number of hydrogen-bond donors (Lipinski definition) is 2. The van der Waals surface area contributed by atoms with E-state index in [0.717, 1.165) is 56.2 Å². The van der Waals surface area contributed by atoms with Gasteiger partial charge in [-0.1, -0.05) is 57.9 Å². The van der Waals surface area contributed by atoms with E-state index in [9.17, 15) is 0 Å². The molecule has 0 saturated heterocycles. The summed E-state index contributed by atoms with van der Waals surface area (Å²) in [7, 11) is 0. The topological polar surface area (TPSA) is 49.9 Å². The lowest BCUT2D eigenvalue weighted by Crippen LogP contribution is -2.18. The van der Waals surface area contributed by atoms with E-state index in [-0.39, 0.29) is 0 Å². The van der Waals surface area contributed by atoms with Gasteiger partial charge in [-0.15, -0.1) is 0 Å². The Bertz CT molecular complexity index is 1080. The Balaban J connectivity index is 1.35. The number of imidazole rings is 1. The summed E-state index contributed by atoms with van der Waals surface area (Å²) >= 11 is 9.79. The highest BCUT2D eigenvalue weighted by Crippen LogP contribution is 2.25. The lowest BCUT2D eigenvalue weighted by Gasteiger charge is -2.13. The second kappa shape index (κ2) is 9.44. The van der Waals surface area contributed by atoms with Crippen LogP contribution in [0.1, 0.15) is 17.0 Å². The molecule has 0 spiro atoms. The van der Waals surface area contributed by atoms with Crippen LogP contribution >= 0.6 is 27.5 Å². The van der Waals surface area contributed by atoms with Crippen LogP contribution in [0.4, 0.5) is 0 Å². The fourth-order valence-electron chi connectivity index (χ4n) is 3.15. The van der Waals surface area contributed by atoms with Crippen LogP contribution in [0.3, 0.4) is 0 Å². The molecule has 0 bridgehead atoms. The lowest BCUT2D eigenvalue weighted by molar-refractivity contribution is 0.302. The van der Waals surface area contributed by atoms with Crippen molar-refractivity contribution in [2.45, 2.75) is 19.6 Å². The summed E-state index contributed by atoms with van der Waals surface area (Å²) in [5.41, 5.74) is 4.14. The fraction of sp³-hybridized carbons (Fsp3) is 0.174. The fourth-order valence-corrected chi connectivity index (χ4v) is 3.75. The molecule has 0 amide bonds. The summed E-state index contributed by atoms with van der Waals surface area (Å²) in [6.45, 7) is 1.96. The number of aromatic nitrogens is 2. The van der Waals surface area contributed by atoms with E-state index >= 15 is 0 Å². The number of halogens is 2. The zero-order chi connectivity index (χ0) is 20.1. The molecule has 29 heavy (non-hydrogen) atoms.